The summed E-state index contributed by atoms with van der Waals surface area (Å²) in [5.41, 5.74) is 0.452. The molecule has 4 heteroatoms. The third kappa shape index (κ3) is 1.99. The number of hydrogen-bond donors (Lipinski definition) is 0. The summed E-state index contributed by atoms with van der Waals surface area (Å²) in [6.45, 7) is 3.58. The number of Topliss-reactive ketones (excluding diaryl/α,β-unsaturated/α-hetero) is 1. The molecule has 74 valence electrons. The van der Waals surface area contributed by atoms with E-state index in [0.29, 0.717) is 5.69 Å². The summed E-state index contributed by atoms with van der Waals surface area (Å²) in [4.78, 5) is 15.8. The molecule has 0 aliphatic heterocycles. The van der Waals surface area contributed by atoms with Crippen LogP contribution in [0.5, 0.6) is 0 Å². The van der Waals surface area contributed by atoms with Crippen LogP contribution in [0.1, 0.15) is 29.7 Å². The molecule has 0 aliphatic rings. The zero-order valence-corrected chi connectivity index (χ0v) is 8.61. The average Bonchev–Trinajstić information content (AvgIpc) is 2.46. The Labute approximate surface area is 83.2 Å². The first kappa shape index (κ1) is 10.5. The monoisotopic (exact) mass is 191 g/mol. The van der Waals surface area contributed by atoms with Crippen LogP contribution in [0.4, 0.5) is 0 Å². The summed E-state index contributed by atoms with van der Waals surface area (Å²) in [5, 5.41) is 8.46. The maximum absolute atomic E-state index is 11.7. The summed E-state index contributed by atoms with van der Waals surface area (Å²) < 4.78 is 1.80. The molecule has 1 unspecified atom stereocenters. The van der Waals surface area contributed by atoms with Crippen molar-refractivity contribution in [1.82, 2.24) is 9.55 Å². The van der Waals surface area contributed by atoms with Gasteiger partial charge in [0.2, 0.25) is 0 Å². The Morgan fingerprint density at radius 2 is 2.43 bits per heavy atom. The van der Waals surface area contributed by atoms with Crippen molar-refractivity contribution in [3.05, 3.63) is 17.7 Å². The van der Waals surface area contributed by atoms with Gasteiger partial charge in [0, 0.05) is 25.6 Å². The highest BCUT2D eigenvalue weighted by molar-refractivity contribution is 5.95. The van der Waals surface area contributed by atoms with Crippen molar-refractivity contribution in [3.63, 3.8) is 0 Å². The van der Waals surface area contributed by atoms with Crippen molar-refractivity contribution in [2.75, 3.05) is 0 Å². The van der Waals surface area contributed by atoms with E-state index in [-0.39, 0.29) is 18.1 Å². The van der Waals surface area contributed by atoms with Crippen LogP contribution in [-0.2, 0) is 7.05 Å². The minimum atomic E-state index is -0.269. The SMILES string of the molecule is Cc1nc(C(=O)C(C)CC#N)cn1C. The van der Waals surface area contributed by atoms with Crippen molar-refractivity contribution in [3.8, 4) is 6.07 Å². The zero-order valence-electron chi connectivity index (χ0n) is 8.61. The molecule has 1 aromatic rings. The second-order valence-electron chi connectivity index (χ2n) is 3.41. The van der Waals surface area contributed by atoms with E-state index in [1.165, 1.54) is 0 Å². The number of carbonyl (C=O) groups is 1. The van der Waals surface area contributed by atoms with Crippen LogP contribution in [0.3, 0.4) is 0 Å². The van der Waals surface area contributed by atoms with Gasteiger partial charge in [-0.05, 0) is 6.92 Å². The Morgan fingerprint density at radius 1 is 1.79 bits per heavy atom. The molecule has 1 atom stereocenters. The number of rotatable bonds is 3. The molecule has 1 heterocycles. The van der Waals surface area contributed by atoms with Crippen LogP contribution in [0.2, 0.25) is 0 Å². The maximum Gasteiger partial charge on any atom is 0.186 e. The first-order valence-corrected chi connectivity index (χ1v) is 4.47. The van der Waals surface area contributed by atoms with Gasteiger partial charge in [-0.2, -0.15) is 5.26 Å². The average molecular weight is 191 g/mol. The van der Waals surface area contributed by atoms with Crippen molar-refractivity contribution in [2.24, 2.45) is 13.0 Å². The summed E-state index contributed by atoms with van der Waals surface area (Å²) >= 11 is 0. The van der Waals surface area contributed by atoms with Crippen molar-refractivity contribution in [2.45, 2.75) is 20.3 Å². The van der Waals surface area contributed by atoms with Crippen LogP contribution in [0.15, 0.2) is 6.20 Å². The van der Waals surface area contributed by atoms with Gasteiger partial charge in [-0.3, -0.25) is 4.79 Å². The van der Waals surface area contributed by atoms with Gasteiger partial charge >= 0.3 is 0 Å². The number of imidazole rings is 1. The fourth-order valence-electron chi connectivity index (χ4n) is 1.16. The van der Waals surface area contributed by atoms with Gasteiger partial charge in [-0.15, -0.1) is 0 Å². The van der Waals surface area contributed by atoms with E-state index in [4.69, 9.17) is 5.26 Å². The highest BCUT2D eigenvalue weighted by Gasteiger charge is 2.17. The molecule has 1 aromatic heterocycles. The van der Waals surface area contributed by atoms with Crippen molar-refractivity contribution < 1.29 is 4.79 Å². The van der Waals surface area contributed by atoms with E-state index in [1.807, 2.05) is 20.0 Å². The van der Waals surface area contributed by atoms with Crippen LogP contribution in [0, 0.1) is 24.2 Å². The quantitative estimate of drug-likeness (QED) is 0.679. The Hall–Kier alpha value is -1.63. The maximum atomic E-state index is 11.7. The smallest absolute Gasteiger partial charge is 0.186 e. The van der Waals surface area contributed by atoms with Crippen LogP contribution in [0.25, 0.3) is 0 Å². The minimum absolute atomic E-state index is 0.0600. The lowest BCUT2D eigenvalue weighted by Gasteiger charge is -2.01. The molecule has 0 spiro atoms. The molecular formula is C10H13N3O. The molecule has 4 nitrogen and oxygen atoms in total. The number of aromatic nitrogens is 2. The molecule has 0 radical (unpaired) electrons. The Bertz CT molecular complexity index is 367. The Morgan fingerprint density at radius 3 is 2.86 bits per heavy atom. The van der Waals surface area contributed by atoms with Gasteiger partial charge in [-0.25, -0.2) is 4.98 Å². The first-order chi connectivity index (χ1) is 6.56. The summed E-state index contributed by atoms with van der Waals surface area (Å²) in [5.74, 6) is 0.474. The van der Waals surface area contributed by atoms with Crippen molar-refractivity contribution >= 4 is 5.78 Å². The van der Waals surface area contributed by atoms with E-state index < -0.39 is 0 Å². The molecule has 14 heavy (non-hydrogen) atoms. The van der Waals surface area contributed by atoms with E-state index >= 15 is 0 Å². The number of nitriles is 1. The number of hydrogen-bond acceptors (Lipinski definition) is 3. The van der Waals surface area contributed by atoms with E-state index in [9.17, 15) is 4.79 Å². The molecule has 0 aromatic carbocycles. The number of carbonyl (C=O) groups excluding carboxylic acids is 1. The zero-order chi connectivity index (χ0) is 10.7. The molecule has 0 saturated carbocycles. The van der Waals surface area contributed by atoms with Crippen molar-refractivity contribution in [1.29, 1.82) is 5.26 Å². The number of ketones is 1. The largest absolute Gasteiger partial charge is 0.337 e. The third-order valence-corrected chi connectivity index (χ3v) is 2.21. The van der Waals surface area contributed by atoms with E-state index in [1.54, 1.807) is 17.7 Å². The molecule has 0 saturated heterocycles. The third-order valence-electron chi connectivity index (χ3n) is 2.21. The van der Waals surface area contributed by atoms with Gasteiger partial charge in [0.25, 0.3) is 0 Å². The summed E-state index contributed by atoms with van der Waals surface area (Å²) in [6.07, 6.45) is 1.94. The Kier molecular flexibility index (Phi) is 3.03. The molecule has 0 fully saturated rings. The molecule has 0 bridgehead atoms. The predicted molar refractivity (Wildman–Crippen MR) is 51.7 cm³/mol. The predicted octanol–water partition coefficient (Wildman–Crippen LogP) is 1.46. The van der Waals surface area contributed by atoms with Crippen LogP contribution >= 0.6 is 0 Å². The molecule has 0 aliphatic carbocycles. The van der Waals surface area contributed by atoms with Gasteiger partial charge in [0.05, 0.1) is 6.07 Å². The van der Waals surface area contributed by atoms with Gasteiger partial charge < -0.3 is 4.57 Å². The second-order valence-corrected chi connectivity index (χ2v) is 3.41. The van der Waals surface area contributed by atoms with Gasteiger partial charge in [-0.1, -0.05) is 6.92 Å². The lowest BCUT2D eigenvalue weighted by atomic mass is 10.0. The molecular weight excluding hydrogens is 178 g/mol. The first-order valence-electron chi connectivity index (χ1n) is 4.47. The van der Waals surface area contributed by atoms with Crippen LogP contribution < -0.4 is 0 Å². The van der Waals surface area contributed by atoms with Crippen LogP contribution in [-0.4, -0.2) is 15.3 Å². The highest BCUT2D eigenvalue weighted by atomic mass is 16.1. The summed E-state index contributed by atoms with van der Waals surface area (Å²) in [6, 6.07) is 1.98. The lowest BCUT2D eigenvalue weighted by Crippen LogP contribution is -2.11. The number of nitrogens with zero attached hydrogens (tertiary/aromatic N) is 3. The topological polar surface area (TPSA) is 58.7 Å². The standard InChI is InChI=1S/C10H13N3O/c1-7(4-5-11)10(14)9-6-13(3)8(2)12-9/h6-7H,4H2,1-3H3. The normalized spacial score (nSPS) is 12.1. The van der Waals surface area contributed by atoms with Gasteiger partial charge in [0.15, 0.2) is 5.78 Å². The number of aryl methyl sites for hydroxylation is 2. The molecule has 0 N–H and O–H groups in total. The highest BCUT2D eigenvalue weighted by Crippen LogP contribution is 2.10. The Balaban J connectivity index is 2.85. The van der Waals surface area contributed by atoms with E-state index in [0.717, 1.165) is 5.82 Å². The summed E-state index contributed by atoms with van der Waals surface area (Å²) in [7, 11) is 1.84. The fourth-order valence-corrected chi connectivity index (χ4v) is 1.16. The minimum Gasteiger partial charge on any atom is -0.337 e. The molecule has 0 amide bonds. The second kappa shape index (κ2) is 4.05. The molecule has 1 rings (SSSR count). The van der Waals surface area contributed by atoms with E-state index in [2.05, 4.69) is 4.98 Å². The lowest BCUT2D eigenvalue weighted by molar-refractivity contribution is 0.0927. The van der Waals surface area contributed by atoms with Gasteiger partial charge in [0.1, 0.15) is 11.5 Å². The fraction of sp³-hybridized carbons (Fsp3) is 0.500.